The maximum absolute atomic E-state index is 12.5. The number of carbonyl (C=O) groups excluding carboxylic acids is 3. The highest BCUT2D eigenvalue weighted by molar-refractivity contribution is 6.21. The standard InChI is InChI=1S/C20H18N6O3/c1-13-4-5-15-16(9-13)20(29)25(19(15)28)8-6-17(27)23-10-14-3-2-7-22-18(14)26-12-21-11-24-26/h2-5,7,9,11-12H,6,8,10H2,1H3,(H,23,27). The summed E-state index contributed by atoms with van der Waals surface area (Å²) in [7, 11) is 0. The number of amides is 3. The van der Waals surface area contributed by atoms with Gasteiger partial charge in [0.2, 0.25) is 5.91 Å². The molecule has 0 atom stereocenters. The number of fused-ring (bicyclic) bond motifs is 1. The molecule has 4 rings (SSSR count). The van der Waals surface area contributed by atoms with Crippen LogP contribution in [-0.4, -0.2) is 48.9 Å². The van der Waals surface area contributed by atoms with Crippen LogP contribution in [-0.2, 0) is 11.3 Å². The van der Waals surface area contributed by atoms with Crippen molar-refractivity contribution in [2.75, 3.05) is 6.54 Å². The number of aromatic nitrogens is 4. The zero-order valence-corrected chi connectivity index (χ0v) is 15.7. The molecule has 146 valence electrons. The van der Waals surface area contributed by atoms with E-state index in [1.165, 1.54) is 17.3 Å². The molecule has 1 aromatic carbocycles. The minimum Gasteiger partial charge on any atom is -0.352 e. The number of hydrogen-bond donors (Lipinski definition) is 1. The van der Waals surface area contributed by atoms with Gasteiger partial charge in [0.05, 0.1) is 11.1 Å². The van der Waals surface area contributed by atoms with E-state index in [1.54, 1.807) is 30.5 Å². The summed E-state index contributed by atoms with van der Waals surface area (Å²) in [6, 6.07) is 8.74. The van der Waals surface area contributed by atoms with Crippen LogP contribution in [0, 0.1) is 6.92 Å². The number of nitrogens with zero attached hydrogens (tertiary/aromatic N) is 5. The average Bonchev–Trinajstić information content (AvgIpc) is 3.33. The summed E-state index contributed by atoms with van der Waals surface area (Å²) in [5.41, 5.74) is 2.45. The van der Waals surface area contributed by atoms with Crippen molar-refractivity contribution >= 4 is 17.7 Å². The Balaban J connectivity index is 1.36. The van der Waals surface area contributed by atoms with Gasteiger partial charge in [0.1, 0.15) is 12.7 Å². The van der Waals surface area contributed by atoms with E-state index in [1.807, 2.05) is 13.0 Å². The molecule has 9 heteroatoms. The lowest BCUT2D eigenvalue weighted by Gasteiger charge is -2.14. The predicted molar refractivity (Wildman–Crippen MR) is 102 cm³/mol. The fourth-order valence-corrected chi connectivity index (χ4v) is 3.20. The highest BCUT2D eigenvalue weighted by atomic mass is 16.2. The monoisotopic (exact) mass is 390 g/mol. The van der Waals surface area contributed by atoms with Crippen molar-refractivity contribution in [2.24, 2.45) is 0 Å². The van der Waals surface area contributed by atoms with Gasteiger partial charge in [0, 0.05) is 31.3 Å². The molecule has 0 radical (unpaired) electrons. The maximum atomic E-state index is 12.5. The quantitative estimate of drug-likeness (QED) is 0.635. The molecule has 1 aliphatic rings. The molecule has 1 N–H and O–H groups in total. The highest BCUT2D eigenvalue weighted by Crippen LogP contribution is 2.23. The summed E-state index contributed by atoms with van der Waals surface area (Å²) in [6.07, 6.45) is 4.58. The Hall–Kier alpha value is -3.88. The minimum absolute atomic E-state index is 0.0172. The van der Waals surface area contributed by atoms with E-state index >= 15 is 0 Å². The van der Waals surface area contributed by atoms with E-state index in [4.69, 9.17) is 0 Å². The summed E-state index contributed by atoms with van der Waals surface area (Å²) >= 11 is 0. The van der Waals surface area contributed by atoms with E-state index in [0.29, 0.717) is 16.9 Å². The van der Waals surface area contributed by atoms with E-state index in [2.05, 4.69) is 20.4 Å². The molecule has 0 unspecified atom stereocenters. The molecule has 1 aliphatic heterocycles. The fourth-order valence-electron chi connectivity index (χ4n) is 3.20. The van der Waals surface area contributed by atoms with E-state index in [0.717, 1.165) is 16.0 Å². The third kappa shape index (κ3) is 3.62. The van der Waals surface area contributed by atoms with Gasteiger partial charge in [-0.05, 0) is 25.1 Å². The lowest BCUT2D eigenvalue weighted by atomic mass is 10.1. The Morgan fingerprint density at radius 1 is 1.14 bits per heavy atom. The molecule has 0 aliphatic carbocycles. The van der Waals surface area contributed by atoms with Gasteiger partial charge in [-0.25, -0.2) is 14.6 Å². The van der Waals surface area contributed by atoms with Gasteiger partial charge in [-0.2, -0.15) is 5.10 Å². The molecular weight excluding hydrogens is 372 g/mol. The molecule has 0 saturated carbocycles. The molecule has 0 bridgehead atoms. The SMILES string of the molecule is Cc1ccc2c(c1)C(=O)N(CCC(=O)NCc1cccnc1-n1cncn1)C2=O. The molecule has 3 amide bonds. The highest BCUT2D eigenvalue weighted by Gasteiger charge is 2.35. The Morgan fingerprint density at radius 2 is 1.97 bits per heavy atom. The number of imide groups is 1. The minimum atomic E-state index is -0.362. The summed E-state index contributed by atoms with van der Waals surface area (Å²) in [5, 5.41) is 6.85. The second-order valence-corrected chi connectivity index (χ2v) is 6.66. The normalized spacial score (nSPS) is 12.9. The third-order valence-corrected chi connectivity index (χ3v) is 4.67. The number of pyridine rings is 1. The Bertz CT molecular complexity index is 1090. The largest absolute Gasteiger partial charge is 0.352 e. The lowest BCUT2D eigenvalue weighted by molar-refractivity contribution is -0.121. The van der Waals surface area contributed by atoms with Crippen molar-refractivity contribution in [3.8, 4) is 5.82 Å². The molecule has 0 saturated heterocycles. The second-order valence-electron chi connectivity index (χ2n) is 6.66. The van der Waals surface area contributed by atoms with Crippen molar-refractivity contribution < 1.29 is 14.4 Å². The Labute approximate surface area is 166 Å². The van der Waals surface area contributed by atoms with E-state index in [-0.39, 0.29) is 37.2 Å². The molecule has 2 aromatic heterocycles. The predicted octanol–water partition coefficient (Wildman–Crippen LogP) is 1.27. The van der Waals surface area contributed by atoms with Crippen LogP contribution < -0.4 is 5.32 Å². The van der Waals surface area contributed by atoms with Gasteiger partial charge >= 0.3 is 0 Å². The van der Waals surface area contributed by atoms with Crippen molar-refractivity contribution in [3.63, 3.8) is 0 Å². The van der Waals surface area contributed by atoms with Gasteiger partial charge in [-0.15, -0.1) is 0 Å². The first-order valence-electron chi connectivity index (χ1n) is 9.07. The number of carbonyl (C=O) groups is 3. The molecule has 3 heterocycles. The summed E-state index contributed by atoms with van der Waals surface area (Å²) < 4.78 is 1.52. The van der Waals surface area contributed by atoms with Gasteiger partial charge in [0.25, 0.3) is 11.8 Å². The van der Waals surface area contributed by atoms with Gasteiger partial charge in [-0.3, -0.25) is 19.3 Å². The van der Waals surface area contributed by atoms with Crippen LogP contribution in [0.5, 0.6) is 0 Å². The number of nitrogens with one attached hydrogen (secondary N) is 1. The van der Waals surface area contributed by atoms with Crippen LogP contribution >= 0.6 is 0 Å². The first-order valence-corrected chi connectivity index (χ1v) is 9.07. The first-order chi connectivity index (χ1) is 14.0. The van der Waals surface area contributed by atoms with Crippen LogP contribution in [0.2, 0.25) is 0 Å². The molecule has 0 fully saturated rings. The summed E-state index contributed by atoms with van der Waals surface area (Å²) in [4.78, 5) is 46.5. The van der Waals surface area contributed by atoms with Crippen LogP contribution in [0.1, 0.15) is 38.3 Å². The summed E-state index contributed by atoms with van der Waals surface area (Å²) in [5.74, 6) is -0.423. The average molecular weight is 390 g/mol. The first kappa shape index (κ1) is 18.5. The van der Waals surface area contributed by atoms with Crippen molar-refractivity contribution in [3.05, 3.63) is 71.4 Å². The maximum Gasteiger partial charge on any atom is 0.261 e. The smallest absolute Gasteiger partial charge is 0.261 e. The van der Waals surface area contributed by atoms with Gasteiger partial charge in [-0.1, -0.05) is 17.7 Å². The zero-order chi connectivity index (χ0) is 20.4. The lowest BCUT2D eigenvalue weighted by Crippen LogP contribution is -2.34. The summed E-state index contributed by atoms with van der Waals surface area (Å²) in [6.45, 7) is 2.13. The topological polar surface area (TPSA) is 110 Å². The second kappa shape index (κ2) is 7.63. The fraction of sp³-hybridized carbons (Fsp3) is 0.200. The van der Waals surface area contributed by atoms with Crippen molar-refractivity contribution in [2.45, 2.75) is 19.9 Å². The number of aryl methyl sites for hydroxylation is 1. The number of hydrogen-bond acceptors (Lipinski definition) is 6. The van der Waals surface area contributed by atoms with Crippen LogP contribution in [0.4, 0.5) is 0 Å². The third-order valence-electron chi connectivity index (χ3n) is 4.67. The van der Waals surface area contributed by atoms with Crippen LogP contribution in [0.15, 0.2) is 49.2 Å². The van der Waals surface area contributed by atoms with E-state index in [9.17, 15) is 14.4 Å². The molecule has 3 aromatic rings. The molecule has 0 spiro atoms. The Morgan fingerprint density at radius 3 is 2.76 bits per heavy atom. The van der Waals surface area contributed by atoms with Gasteiger partial charge in [0.15, 0.2) is 5.82 Å². The van der Waals surface area contributed by atoms with Crippen LogP contribution in [0.25, 0.3) is 5.82 Å². The molecule has 29 heavy (non-hydrogen) atoms. The van der Waals surface area contributed by atoms with Crippen molar-refractivity contribution in [1.82, 2.24) is 30.0 Å². The van der Waals surface area contributed by atoms with Gasteiger partial charge < -0.3 is 5.32 Å². The van der Waals surface area contributed by atoms with E-state index < -0.39 is 0 Å². The van der Waals surface area contributed by atoms with Crippen LogP contribution in [0.3, 0.4) is 0 Å². The van der Waals surface area contributed by atoms with Crippen molar-refractivity contribution in [1.29, 1.82) is 0 Å². The molecule has 9 nitrogen and oxygen atoms in total. The molecular formula is C20H18N6O3. The zero-order valence-electron chi connectivity index (χ0n) is 15.7. The Kier molecular flexibility index (Phi) is 4.86. The number of benzene rings is 1. The number of rotatable bonds is 6.